The highest BCUT2D eigenvalue weighted by Crippen LogP contribution is 2.34. The van der Waals surface area contributed by atoms with Crippen LogP contribution in [0.4, 0.5) is 5.00 Å². The standard InChI is InChI=1S/C18H25N3O4S2/c1-6-19-18-21(7-2)16(23)12(27-18)9-13(22)20-15-14(17(24)25-8-3)10(4)11(5)26-15/h12H,6-9H2,1-5H3,(H,20,22)/t12-/m0/s1. The number of hydrogen-bond acceptors (Lipinski definition) is 7. The summed E-state index contributed by atoms with van der Waals surface area (Å²) in [5, 5.41) is 3.43. The summed E-state index contributed by atoms with van der Waals surface area (Å²) in [6.45, 7) is 10.6. The lowest BCUT2D eigenvalue weighted by Crippen LogP contribution is -2.33. The minimum Gasteiger partial charge on any atom is -0.462 e. The van der Waals surface area contributed by atoms with E-state index in [1.807, 2.05) is 27.7 Å². The van der Waals surface area contributed by atoms with Crippen LogP contribution in [0.3, 0.4) is 0 Å². The van der Waals surface area contributed by atoms with E-state index in [1.54, 1.807) is 11.8 Å². The number of thiophene rings is 1. The Morgan fingerprint density at radius 1 is 1.26 bits per heavy atom. The van der Waals surface area contributed by atoms with Crippen LogP contribution in [-0.4, -0.2) is 52.8 Å². The van der Waals surface area contributed by atoms with Crippen molar-refractivity contribution in [3.05, 3.63) is 16.0 Å². The first-order valence-electron chi connectivity index (χ1n) is 8.93. The van der Waals surface area contributed by atoms with E-state index in [9.17, 15) is 14.4 Å². The van der Waals surface area contributed by atoms with Crippen molar-refractivity contribution in [2.45, 2.75) is 46.3 Å². The Hall–Kier alpha value is -1.87. The van der Waals surface area contributed by atoms with Crippen LogP contribution in [0.25, 0.3) is 0 Å². The predicted octanol–water partition coefficient (Wildman–Crippen LogP) is 3.21. The number of thioether (sulfide) groups is 1. The first-order chi connectivity index (χ1) is 12.8. The first-order valence-corrected chi connectivity index (χ1v) is 10.6. The van der Waals surface area contributed by atoms with Crippen LogP contribution in [0.2, 0.25) is 0 Å². The molecule has 148 valence electrons. The number of amides is 2. The average Bonchev–Trinajstić information content (AvgIpc) is 3.04. The number of rotatable bonds is 7. The van der Waals surface area contributed by atoms with E-state index in [-0.39, 0.29) is 24.8 Å². The van der Waals surface area contributed by atoms with Gasteiger partial charge in [0.15, 0.2) is 5.17 Å². The maximum absolute atomic E-state index is 12.5. The summed E-state index contributed by atoms with van der Waals surface area (Å²) >= 11 is 2.66. The molecule has 0 radical (unpaired) electrons. The molecule has 0 bridgehead atoms. The fourth-order valence-electron chi connectivity index (χ4n) is 2.70. The van der Waals surface area contributed by atoms with Gasteiger partial charge in [0.25, 0.3) is 0 Å². The molecule has 0 aromatic carbocycles. The largest absolute Gasteiger partial charge is 0.462 e. The number of ether oxygens (including phenoxy) is 1. The number of aliphatic imine (C=N–C) groups is 1. The number of carbonyl (C=O) groups is 3. The Morgan fingerprint density at radius 2 is 1.96 bits per heavy atom. The monoisotopic (exact) mass is 411 g/mol. The molecule has 1 saturated heterocycles. The van der Waals surface area contributed by atoms with Crippen molar-refractivity contribution in [3.63, 3.8) is 0 Å². The third kappa shape index (κ3) is 4.70. The number of carbonyl (C=O) groups excluding carboxylic acids is 3. The molecular weight excluding hydrogens is 386 g/mol. The molecule has 0 spiro atoms. The number of nitrogens with one attached hydrogen (secondary N) is 1. The van der Waals surface area contributed by atoms with Crippen molar-refractivity contribution in [2.24, 2.45) is 4.99 Å². The summed E-state index contributed by atoms with van der Waals surface area (Å²) in [6, 6.07) is 0. The van der Waals surface area contributed by atoms with E-state index >= 15 is 0 Å². The lowest BCUT2D eigenvalue weighted by atomic mass is 10.1. The van der Waals surface area contributed by atoms with Crippen molar-refractivity contribution in [2.75, 3.05) is 25.0 Å². The van der Waals surface area contributed by atoms with Gasteiger partial charge in [-0.25, -0.2) is 4.79 Å². The molecule has 0 saturated carbocycles. The zero-order valence-electron chi connectivity index (χ0n) is 16.2. The second kappa shape index (κ2) is 9.36. The summed E-state index contributed by atoms with van der Waals surface area (Å²) in [4.78, 5) is 44.2. The van der Waals surface area contributed by atoms with Crippen molar-refractivity contribution in [1.82, 2.24) is 4.90 Å². The zero-order valence-corrected chi connectivity index (χ0v) is 17.9. The van der Waals surface area contributed by atoms with Gasteiger partial charge in [-0.15, -0.1) is 11.3 Å². The molecule has 2 heterocycles. The lowest BCUT2D eigenvalue weighted by Gasteiger charge is -2.13. The Labute approximate surface area is 167 Å². The van der Waals surface area contributed by atoms with Gasteiger partial charge in [-0.2, -0.15) is 0 Å². The Balaban J connectivity index is 2.13. The summed E-state index contributed by atoms with van der Waals surface area (Å²) in [7, 11) is 0. The van der Waals surface area contributed by atoms with E-state index in [1.165, 1.54) is 23.1 Å². The average molecular weight is 412 g/mol. The molecule has 2 rings (SSSR count). The van der Waals surface area contributed by atoms with E-state index < -0.39 is 11.2 Å². The maximum Gasteiger partial charge on any atom is 0.341 e. The number of esters is 1. The van der Waals surface area contributed by atoms with Gasteiger partial charge in [0.1, 0.15) is 10.3 Å². The van der Waals surface area contributed by atoms with E-state index in [2.05, 4.69) is 10.3 Å². The third-order valence-electron chi connectivity index (χ3n) is 4.12. The highest BCUT2D eigenvalue weighted by atomic mass is 32.2. The van der Waals surface area contributed by atoms with Gasteiger partial charge in [0.2, 0.25) is 11.8 Å². The third-order valence-corrected chi connectivity index (χ3v) is 6.45. The van der Waals surface area contributed by atoms with Crippen LogP contribution in [0.5, 0.6) is 0 Å². The molecular formula is C18H25N3O4S2. The van der Waals surface area contributed by atoms with Gasteiger partial charge in [0, 0.05) is 24.4 Å². The Morgan fingerprint density at radius 3 is 2.56 bits per heavy atom. The zero-order chi connectivity index (χ0) is 20.1. The van der Waals surface area contributed by atoms with Gasteiger partial charge < -0.3 is 10.1 Å². The van der Waals surface area contributed by atoms with Gasteiger partial charge in [-0.1, -0.05) is 11.8 Å². The fraction of sp³-hybridized carbons (Fsp3) is 0.556. The number of aryl methyl sites for hydroxylation is 1. The van der Waals surface area contributed by atoms with Crippen LogP contribution in [0.15, 0.2) is 4.99 Å². The van der Waals surface area contributed by atoms with Crippen LogP contribution < -0.4 is 5.32 Å². The molecule has 27 heavy (non-hydrogen) atoms. The smallest absolute Gasteiger partial charge is 0.341 e. The predicted molar refractivity (Wildman–Crippen MR) is 110 cm³/mol. The lowest BCUT2D eigenvalue weighted by molar-refractivity contribution is -0.128. The summed E-state index contributed by atoms with van der Waals surface area (Å²) in [6.07, 6.45) is 0.0288. The number of amidine groups is 1. The van der Waals surface area contributed by atoms with Gasteiger partial charge in [0.05, 0.1) is 12.2 Å². The molecule has 1 aliphatic rings. The molecule has 1 aromatic heterocycles. The van der Waals surface area contributed by atoms with Crippen molar-refractivity contribution in [3.8, 4) is 0 Å². The quantitative estimate of drug-likeness (QED) is 0.696. The highest BCUT2D eigenvalue weighted by molar-refractivity contribution is 8.15. The molecule has 0 aliphatic carbocycles. The topological polar surface area (TPSA) is 88.1 Å². The molecule has 1 N–H and O–H groups in total. The minimum atomic E-state index is -0.497. The maximum atomic E-state index is 12.5. The first kappa shape index (κ1) is 21.4. The van der Waals surface area contributed by atoms with E-state index in [0.717, 1.165) is 10.4 Å². The van der Waals surface area contributed by atoms with Gasteiger partial charge >= 0.3 is 5.97 Å². The number of hydrogen-bond donors (Lipinski definition) is 1. The molecule has 9 heteroatoms. The molecule has 1 aromatic rings. The molecule has 1 atom stereocenters. The summed E-state index contributed by atoms with van der Waals surface area (Å²) in [5.74, 6) is -0.856. The van der Waals surface area contributed by atoms with Gasteiger partial charge in [-0.3, -0.25) is 19.5 Å². The molecule has 0 unspecified atom stereocenters. The molecule has 1 aliphatic heterocycles. The normalized spacial score (nSPS) is 18.3. The minimum absolute atomic E-state index is 0.0288. The van der Waals surface area contributed by atoms with Crippen molar-refractivity contribution in [1.29, 1.82) is 0 Å². The second-order valence-electron chi connectivity index (χ2n) is 5.91. The molecule has 2 amide bonds. The van der Waals surface area contributed by atoms with Crippen molar-refractivity contribution >= 4 is 51.1 Å². The summed E-state index contributed by atoms with van der Waals surface area (Å²) in [5.41, 5.74) is 1.19. The van der Waals surface area contributed by atoms with Crippen LogP contribution in [-0.2, 0) is 14.3 Å². The van der Waals surface area contributed by atoms with E-state index in [0.29, 0.717) is 28.8 Å². The molecule has 7 nitrogen and oxygen atoms in total. The Bertz CT molecular complexity index is 773. The molecule has 1 fully saturated rings. The van der Waals surface area contributed by atoms with Crippen molar-refractivity contribution < 1.29 is 19.1 Å². The summed E-state index contributed by atoms with van der Waals surface area (Å²) < 4.78 is 5.10. The number of nitrogens with zero attached hydrogens (tertiary/aromatic N) is 2. The van der Waals surface area contributed by atoms with Crippen LogP contribution in [0, 0.1) is 13.8 Å². The van der Waals surface area contributed by atoms with Crippen LogP contribution >= 0.6 is 23.1 Å². The second-order valence-corrected chi connectivity index (χ2v) is 8.30. The van der Waals surface area contributed by atoms with Gasteiger partial charge in [-0.05, 0) is 40.2 Å². The number of anilines is 1. The van der Waals surface area contributed by atoms with E-state index in [4.69, 9.17) is 4.74 Å². The highest BCUT2D eigenvalue weighted by Gasteiger charge is 2.38. The fourth-order valence-corrected chi connectivity index (χ4v) is 5.03. The van der Waals surface area contributed by atoms with Crippen LogP contribution in [0.1, 0.15) is 48.0 Å². The SMILES string of the molecule is CCN=C1S[C@@H](CC(=O)Nc2sc(C)c(C)c2C(=O)OCC)C(=O)N1CC. The Kier molecular flexibility index (Phi) is 7.43.